The molecule has 2 fully saturated rings. The molecule has 208 valence electrons. The molecular formula is C25H30F2N8O4. The Hall–Kier alpha value is -4.07. The highest BCUT2D eigenvalue weighted by Gasteiger charge is 2.31. The number of methoxy groups -OCH3 is 1. The zero-order valence-corrected chi connectivity index (χ0v) is 21.5. The largest absolute Gasteiger partial charge is 0.453 e. The van der Waals surface area contributed by atoms with Crippen LogP contribution in [-0.4, -0.2) is 96.0 Å². The van der Waals surface area contributed by atoms with Crippen molar-refractivity contribution < 1.29 is 27.8 Å². The van der Waals surface area contributed by atoms with Crippen molar-refractivity contribution in [2.24, 2.45) is 5.92 Å². The number of anilines is 2. The summed E-state index contributed by atoms with van der Waals surface area (Å²) in [7, 11) is 1.24. The van der Waals surface area contributed by atoms with Crippen molar-refractivity contribution >= 4 is 34.8 Å². The number of carbonyl (C=O) groups excluding carboxylic acids is 2. The molecule has 0 bridgehead atoms. The molecule has 14 heteroatoms. The van der Waals surface area contributed by atoms with Crippen molar-refractivity contribution in [1.29, 1.82) is 0 Å². The molecule has 2 aliphatic rings. The van der Waals surface area contributed by atoms with Gasteiger partial charge in [0.2, 0.25) is 11.9 Å². The normalized spacial score (nSPS) is 16.2. The third-order valence-electron chi connectivity index (χ3n) is 6.67. The van der Waals surface area contributed by atoms with Crippen molar-refractivity contribution in [1.82, 2.24) is 29.7 Å². The summed E-state index contributed by atoms with van der Waals surface area (Å²) < 4.78 is 39.5. The third kappa shape index (κ3) is 6.00. The maximum atomic E-state index is 14.1. The Bertz CT molecular complexity index is 1320. The molecule has 4 heterocycles. The summed E-state index contributed by atoms with van der Waals surface area (Å²) in [6, 6.07) is 8.59. The van der Waals surface area contributed by atoms with E-state index in [-0.39, 0.29) is 30.0 Å². The number of ether oxygens (including phenoxy) is 2. The average molecular weight is 545 g/mol. The second-order valence-corrected chi connectivity index (χ2v) is 9.35. The number of hydrogen-bond acceptors (Lipinski definition) is 9. The molecule has 0 spiro atoms. The monoisotopic (exact) mass is 544 g/mol. The Morgan fingerprint density at radius 1 is 1.15 bits per heavy atom. The Morgan fingerprint density at radius 3 is 2.77 bits per heavy atom. The fraction of sp³-hybridized carbons (Fsp3) is 0.480. The van der Waals surface area contributed by atoms with Crippen molar-refractivity contribution in [3.8, 4) is 5.82 Å². The lowest BCUT2D eigenvalue weighted by molar-refractivity contribution is -0.136. The van der Waals surface area contributed by atoms with Gasteiger partial charge in [0.05, 0.1) is 24.8 Å². The number of hydrogen-bond donors (Lipinski definition) is 2. The minimum Gasteiger partial charge on any atom is -0.453 e. The molecule has 2 aromatic heterocycles. The molecule has 2 N–H and O–H groups in total. The smallest absolute Gasteiger partial charge is 0.407 e. The molecule has 2 saturated heterocycles. The first kappa shape index (κ1) is 26.5. The molecule has 39 heavy (non-hydrogen) atoms. The lowest BCUT2D eigenvalue weighted by Gasteiger charge is -2.39. The van der Waals surface area contributed by atoms with Crippen molar-refractivity contribution in [2.45, 2.75) is 12.8 Å². The molecule has 12 nitrogen and oxygen atoms in total. The number of carbonyl (C=O) groups is 2. The van der Waals surface area contributed by atoms with Gasteiger partial charge in [0.25, 0.3) is 6.43 Å². The van der Waals surface area contributed by atoms with E-state index < -0.39 is 12.5 Å². The Morgan fingerprint density at radius 2 is 1.97 bits per heavy atom. The number of benzene rings is 1. The summed E-state index contributed by atoms with van der Waals surface area (Å²) >= 11 is 0. The van der Waals surface area contributed by atoms with Crippen LogP contribution in [0.1, 0.15) is 18.7 Å². The van der Waals surface area contributed by atoms with E-state index in [1.807, 2.05) is 4.90 Å². The van der Waals surface area contributed by atoms with Gasteiger partial charge in [-0.15, -0.1) is 0 Å². The zero-order valence-electron chi connectivity index (χ0n) is 21.5. The van der Waals surface area contributed by atoms with E-state index in [0.29, 0.717) is 68.7 Å². The number of halogens is 2. The van der Waals surface area contributed by atoms with Gasteiger partial charge in [0.1, 0.15) is 18.2 Å². The topological polar surface area (TPSA) is 127 Å². The van der Waals surface area contributed by atoms with Crippen LogP contribution in [0.2, 0.25) is 0 Å². The molecule has 2 aliphatic heterocycles. The van der Waals surface area contributed by atoms with E-state index in [1.165, 1.54) is 11.7 Å². The number of nitrogens with one attached hydrogen (secondary N) is 2. The number of rotatable bonds is 8. The third-order valence-corrected chi connectivity index (χ3v) is 6.67. The summed E-state index contributed by atoms with van der Waals surface area (Å²) in [6.45, 7) is 3.83. The van der Waals surface area contributed by atoms with Gasteiger partial charge in [-0.2, -0.15) is 9.97 Å². The average Bonchev–Trinajstić information content (AvgIpc) is 3.10. The van der Waals surface area contributed by atoms with Gasteiger partial charge in [0.15, 0.2) is 5.82 Å². The van der Waals surface area contributed by atoms with Gasteiger partial charge in [-0.05, 0) is 18.6 Å². The van der Waals surface area contributed by atoms with E-state index >= 15 is 0 Å². The number of fused-ring (bicyclic) bond motifs is 1. The molecule has 0 saturated carbocycles. The summed E-state index contributed by atoms with van der Waals surface area (Å²) in [5.41, 5.74) is 0.975. The van der Waals surface area contributed by atoms with E-state index in [2.05, 4.69) is 25.3 Å². The standard InChI is InChI=1S/C25H30F2N8O4/c1-38-25(37)29-13-21(36)34-14-16(15-34)12-28-19-11-20(32-24(31-19)33-7-4-9-39-10-8-33)35-18-6-3-2-5-17(18)30-23(35)22(26)27/h2-3,5-6,11,16,22H,4,7-10,12-15H2,1H3,(H,29,37)(H,28,31,32). The van der Waals surface area contributed by atoms with E-state index in [1.54, 1.807) is 35.2 Å². The van der Waals surface area contributed by atoms with Gasteiger partial charge in [-0.3, -0.25) is 9.36 Å². The molecule has 0 atom stereocenters. The van der Waals surface area contributed by atoms with Gasteiger partial charge < -0.3 is 29.9 Å². The van der Waals surface area contributed by atoms with Crippen molar-refractivity contribution in [3.05, 3.63) is 36.2 Å². The van der Waals surface area contributed by atoms with Gasteiger partial charge >= 0.3 is 6.09 Å². The predicted octanol–water partition coefficient (Wildman–Crippen LogP) is 2.21. The quantitative estimate of drug-likeness (QED) is 0.439. The number of nitrogens with zero attached hydrogens (tertiary/aromatic N) is 6. The first-order chi connectivity index (χ1) is 18.9. The van der Waals surface area contributed by atoms with E-state index in [0.717, 1.165) is 6.42 Å². The van der Waals surface area contributed by atoms with Crippen LogP contribution in [0.4, 0.5) is 25.3 Å². The number of imidazole rings is 1. The number of amides is 2. The maximum Gasteiger partial charge on any atom is 0.407 e. The van der Waals surface area contributed by atoms with Crippen molar-refractivity contribution in [3.63, 3.8) is 0 Å². The highest BCUT2D eigenvalue weighted by molar-refractivity contribution is 5.82. The van der Waals surface area contributed by atoms with Gasteiger partial charge in [0, 0.05) is 51.3 Å². The van der Waals surface area contributed by atoms with Crippen molar-refractivity contribution in [2.75, 3.05) is 69.8 Å². The molecule has 3 aromatic rings. The minimum atomic E-state index is -2.80. The number of likely N-dealkylation sites (tertiary alicyclic amines) is 1. The van der Waals surface area contributed by atoms with Crippen LogP contribution in [0, 0.1) is 5.92 Å². The fourth-order valence-electron chi connectivity index (χ4n) is 4.63. The molecule has 0 radical (unpaired) electrons. The summed E-state index contributed by atoms with van der Waals surface area (Å²) in [6.07, 6.45) is -2.66. The van der Waals surface area contributed by atoms with Crippen LogP contribution in [0.5, 0.6) is 0 Å². The molecule has 1 aromatic carbocycles. The first-order valence-corrected chi connectivity index (χ1v) is 12.7. The molecule has 5 rings (SSSR count). The van der Waals surface area contributed by atoms with Gasteiger partial charge in [-0.25, -0.2) is 18.6 Å². The van der Waals surface area contributed by atoms with Crippen LogP contribution in [0.3, 0.4) is 0 Å². The molecule has 2 amide bonds. The number of aromatic nitrogens is 4. The van der Waals surface area contributed by atoms with Gasteiger partial charge in [-0.1, -0.05) is 12.1 Å². The highest BCUT2D eigenvalue weighted by Crippen LogP contribution is 2.29. The minimum absolute atomic E-state index is 0.129. The number of para-hydroxylation sites is 2. The second kappa shape index (κ2) is 11.8. The molecular weight excluding hydrogens is 514 g/mol. The Labute approximate surface area is 223 Å². The maximum absolute atomic E-state index is 14.1. The summed E-state index contributed by atoms with van der Waals surface area (Å²) in [4.78, 5) is 40.6. The predicted molar refractivity (Wildman–Crippen MR) is 138 cm³/mol. The van der Waals surface area contributed by atoms with Crippen LogP contribution in [0.15, 0.2) is 30.3 Å². The number of alkyl carbamates (subject to hydrolysis) is 1. The Kier molecular flexibility index (Phi) is 8.00. The van der Waals surface area contributed by atoms with Crippen LogP contribution in [0.25, 0.3) is 16.9 Å². The van der Waals surface area contributed by atoms with Crippen LogP contribution < -0.4 is 15.5 Å². The van der Waals surface area contributed by atoms with E-state index in [4.69, 9.17) is 9.72 Å². The van der Waals surface area contributed by atoms with Crippen LogP contribution >= 0.6 is 0 Å². The number of alkyl halides is 2. The summed E-state index contributed by atoms with van der Waals surface area (Å²) in [5, 5.41) is 5.68. The van der Waals surface area contributed by atoms with E-state index in [9.17, 15) is 18.4 Å². The first-order valence-electron chi connectivity index (χ1n) is 12.7. The molecule has 0 aliphatic carbocycles. The zero-order chi connectivity index (χ0) is 27.4. The second-order valence-electron chi connectivity index (χ2n) is 9.35. The fourth-order valence-corrected chi connectivity index (χ4v) is 4.63. The van der Waals surface area contributed by atoms with Crippen LogP contribution in [-0.2, 0) is 14.3 Å². The Balaban J connectivity index is 1.36. The SMILES string of the molecule is COC(=O)NCC(=O)N1CC(CNc2cc(-n3c(C(F)F)nc4ccccc43)nc(N3CCCOCC3)n2)C1. The lowest BCUT2D eigenvalue weighted by Crippen LogP contribution is -2.54. The molecule has 0 unspecified atom stereocenters. The lowest BCUT2D eigenvalue weighted by atomic mass is 10.00. The highest BCUT2D eigenvalue weighted by atomic mass is 19.3. The summed E-state index contributed by atoms with van der Waals surface area (Å²) in [5.74, 6) is 0.758.